The van der Waals surface area contributed by atoms with Gasteiger partial charge in [-0.2, -0.15) is 0 Å². The third kappa shape index (κ3) is 4.14. The molecular formula is C30H41F3O7. The van der Waals surface area contributed by atoms with Gasteiger partial charge in [0.25, 0.3) is 0 Å². The van der Waals surface area contributed by atoms with E-state index >= 15 is 8.78 Å². The number of alkyl halides is 3. The van der Waals surface area contributed by atoms with Crippen molar-refractivity contribution in [1.29, 1.82) is 0 Å². The molecular weight excluding hydrogens is 529 g/mol. The summed E-state index contributed by atoms with van der Waals surface area (Å²) in [5.41, 5.74) is -7.57. The maximum absolute atomic E-state index is 17.4. The molecule has 0 heterocycles. The van der Waals surface area contributed by atoms with E-state index in [0.717, 1.165) is 12.5 Å². The number of hydrogen-bond donors (Lipinski definition) is 1. The lowest BCUT2D eigenvalue weighted by Crippen LogP contribution is -2.71. The normalized spacial score (nSPS) is 42.8. The molecule has 0 aromatic heterocycles. The fourth-order valence-electron chi connectivity index (χ4n) is 8.47. The van der Waals surface area contributed by atoms with Crippen LogP contribution in [0.25, 0.3) is 0 Å². The molecule has 1 unspecified atom stereocenters. The summed E-state index contributed by atoms with van der Waals surface area (Å²) in [5, 5.41) is 11.5. The second kappa shape index (κ2) is 10.5. The van der Waals surface area contributed by atoms with Crippen LogP contribution < -0.4 is 0 Å². The first kappa shape index (κ1) is 30.6. The monoisotopic (exact) mass is 570 g/mol. The van der Waals surface area contributed by atoms with Gasteiger partial charge in [-0.3, -0.25) is 4.79 Å². The van der Waals surface area contributed by atoms with E-state index in [1.54, 1.807) is 13.8 Å². The van der Waals surface area contributed by atoms with E-state index in [1.807, 2.05) is 20.8 Å². The summed E-state index contributed by atoms with van der Waals surface area (Å²) >= 11 is 0. The fourth-order valence-corrected chi connectivity index (χ4v) is 8.47. The van der Waals surface area contributed by atoms with Crippen molar-refractivity contribution in [3.8, 4) is 0 Å². The van der Waals surface area contributed by atoms with Crippen LogP contribution in [0.5, 0.6) is 0 Å². The Hall–Kier alpha value is -2.36. The largest absolute Gasteiger partial charge is 0.509 e. The van der Waals surface area contributed by atoms with E-state index in [0.29, 0.717) is 6.42 Å². The molecule has 3 fully saturated rings. The summed E-state index contributed by atoms with van der Waals surface area (Å²) in [7, 11) is 0. The Balaban J connectivity index is 1.79. The minimum atomic E-state index is -2.38. The highest BCUT2D eigenvalue weighted by Crippen LogP contribution is 2.71. The highest BCUT2D eigenvalue weighted by molar-refractivity contribution is 6.01. The first-order valence-corrected chi connectivity index (χ1v) is 14.2. The number of esters is 1. The van der Waals surface area contributed by atoms with Gasteiger partial charge in [0.15, 0.2) is 11.5 Å². The van der Waals surface area contributed by atoms with Gasteiger partial charge in [-0.25, -0.2) is 22.8 Å². The fraction of sp³-hybridized carbons (Fsp3) is 0.767. The number of rotatable bonds is 7. The van der Waals surface area contributed by atoms with Crippen LogP contribution in [0.1, 0.15) is 73.6 Å². The lowest BCUT2D eigenvalue weighted by Gasteiger charge is -2.62. The molecule has 224 valence electrons. The lowest BCUT2D eigenvalue weighted by molar-refractivity contribution is -0.235. The molecule has 40 heavy (non-hydrogen) atoms. The summed E-state index contributed by atoms with van der Waals surface area (Å²) in [6.45, 7) is 8.89. The second-order valence-electron chi connectivity index (χ2n) is 12.8. The maximum Gasteiger partial charge on any atom is 0.509 e. The summed E-state index contributed by atoms with van der Waals surface area (Å²) in [4.78, 5) is 38.8. The summed E-state index contributed by atoms with van der Waals surface area (Å²) in [6, 6.07) is 0. The molecule has 1 N–H and O–H groups in total. The van der Waals surface area contributed by atoms with Gasteiger partial charge in [0.1, 0.15) is 12.3 Å². The molecule has 0 spiro atoms. The molecule has 7 nitrogen and oxygen atoms in total. The quantitative estimate of drug-likeness (QED) is 0.390. The minimum Gasteiger partial charge on any atom is -0.431 e. The highest BCUT2D eigenvalue weighted by atomic mass is 19.1. The SMILES string of the molecule is CCCC(OC(=O)O[C@]1(C(=O)OCF)[C@H](C)C[C@H]2[C@@H]3C[C@H](F)C4=CC(=O)C=C[C@]4(C)[C@@]3(F)[C@@H](O)C[C@@]21C)C(C)C. The van der Waals surface area contributed by atoms with Crippen LogP contribution in [0, 0.1) is 34.5 Å². The van der Waals surface area contributed by atoms with E-state index in [9.17, 15) is 23.9 Å². The van der Waals surface area contributed by atoms with E-state index in [-0.39, 0.29) is 30.8 Å². The summed E-state index contributed by atoms with van der Waals surface area (Å²) in [6.07, 6.45) is -0.717. The topological polar surface area (TPSA) is 99.1 Å². The van der Waals surface area contributed by atoms with Crippen molar-refractivity contribution >= 4 is 17.9 Å². The smallest absolute Gasteiger partial charge is 0.431 e. The number of ketones is 1. The molecule has 0 saturated heterocycles. The molecule has 4 aliphatic carbocycles. The third-order valence-electron chi connectivity index (χ3n) is 10.5. The zero-order valence-electron chi connectivity index (χ0n) is 24.0. The average molecular weight is 571 g/mol. The zero-order valence-corrected chi connectivity index (χ0v) is 24.0. The van der Waals surface area contributed by atoms with Crippen LogP contribution in [0.2, 0.25) is 0 Å². The van der Waals surface area contributed by atoms with Gasteiger partial charge >= 0.3 is 12.1 Å². The van der Waals surface area contributed by atoms with Crippen LogP contribution in [0.15, 0.2) is 23.8 Å². The van der Waals surface area contributed by atoms with Gasteiger partial charge in [0.05, 0.1) is 6.10 Å². The van der Waals surface area contributed by atoms with Crippen LogP contribution >= 0.6 is 0 Å². The molecule has 0 aromatic carbocycles. The lowest BCUT2D eigenvalue weighted by atomic mass is 9.44. The Morgan fingerprint density at radius 1 is 1.20 bits per heavy atom. The van der Waals surface area contributed by atoms with Gasteiger partial charge in [-0.05, 0) is 62.2 Å². The van der Waals surface area contributed by atoms with Gasteiger partial charge in [-0.1, -0.05) is 47.1 Å². The number of allylic oxidation sites excluding steroid dienone is 4. The van der Waals surface area contributed by atoms with E-state index < -0.39 is 83.0 Å². The van der Waals surface area contributed by atoms with Crippen molar-refractivity contribution in [3.05, 3.63) is 23.8 Å². The van der Waals surface area contributed by atoms with E-state index in [4.69, 9.17) is 14.2 Å². The van der Waals surface area contributed by atoms with Gasteiger partial charge in [0, 0.05) is 22.7 Å². The molecule has 0 radical (unpaired) electrons. The Labute approximate surface area is 233 Å². The molecule has 4 aliphatic rings. The molecule has 10 atom stereocenters. The van der Waals surface area contributed by atoms with Crippen molar-refractivity contribution in [2.75, 3.05) is 6.86 Å². The highest BCUT2D eigenvalue weighted by Gasteiger charge is 2.79. The number of fused-ring (bicyclic) bond motifs is 5. The van der Waals surface area contributed by atoms with Crippen molar-refractivity contribution in [2.45, 2.75) is 103 Å². The predicted octanol–water partition coefficient (Wildman–Crippen LogP) is 5.74. The number of ether oxygens (including phenoxy) is 3. The van der Waals surface area contributed by atoms with E-state index in [2.05, 4.69) is 0 Å². The molecule has 0 aromatic rings. The molecule has 4 rings (SSSR count). The van der Waals surface area contributed by atoms with Crippen LogP contribution in [0.3, 0.4) is 0 Å². The Morgan fingerprint density at radius 3 is 2.48 bits per heavy atom. The predicted molar refractivity (Wildman–Crippen MR) is 139 cm³/mol. The maximum atomic E-state index is 17.4. The summed E-state index contributed by atoms with van der Waals surface area (Å²) in [5.74, 6) is -4.31. The number of aliphatic hydroxyl groups excluding tert-OH is 1. The molecule has 3 saturated carbocycles. The number of aliphatic hydroxyl groups is 1. The minimum absolute atomic E-state index is 0.0222. The van der Waals surface area contributed by atoms with Crippen molar-refractivity contribution < 1.29 is 46.9 Å². The first-order valence-electron chi connectivity index (χ1n) is 14.2. The average Bonchev–Trinajstić information content (AvgIpc) is 3.09. The molecule has 0 aliphatic heterocycles. The van der Waals surface area contributed by atoms with Gasteiger partial charge < -0.3 is 19.3 Å². The zero-order chi connectivity index (χ0) is 29.8. The van der Waals surface area contributed by atoms with Crippen LogP contribution in [0.4, 0.5) is 18.0 Å². The van der Waals surface area contributed by atoms with Crippen molar-refractivity contribution in [3.63, 3.8) is 0 Å². The number of carbonyl (C=O) groups is 3. The van der Waals surface area contributed by atoms with Gasteiger partial charge in [-0.15, -0.1) is 0 Å². The van der Waals surface area contributed by atoms with Crippen molar-refractivity contribution in [1.82, 2.24) is 0 Å². The van der Waals surface area contributed by atoms with Gasteiger partial charge in [0.2, 0.25) is 12.5 Å². The molecule has 0 bridgehead atoms. The third-order valence-corrected chi connectivity index (χ3v) is 10.5. The Morgan fingerprint density at radius 2 is 1.88 bits per heavy atom. The number of carbonyl (C=O) groups excluding carboxylic acids is 3. The number of halogens is 3. The Bertz CT molecular complexity index is 1110. The molecule has 0 amide bonds. The second-order valence-corrected chi connectivity index (χ2v) is 12.8. The van der Waals surface area contributed by atoms with Crippen molar-refractivity contribution in [2.24, 2.45) is 34.5 Å². The van der Waals surface area contributed by atoms with Crippen LogP contribution in [-0.4, -0.2) is 59.5 Å². The Kier molecular flexibility index (Phi) is 8.02. The van der Waals surface area contributed by atoms with E-state index in [1.165, 1.54) is 19.1 Å². The molecule has 10 heteroatoms. The van der Waals surface area contributed by atoms with Crippen LogP contribution in [-0.2, 0) is 23.8 Å². The standard InChI is InChI=1S/C30H41F3O7/c1-7-8-23(16(2)3)39-26(37)40-30(25(36)38-15-31)17(4)11-19-20-13-22(32)21-12-18(34)9-10-27(21,5)29(20,33)24(35)14-28(19,30)6/h9-10,12,16-17,19-20,22-24,35H,7-8,11,13-15H2,1-6H3/t17-,19+,20+,22+,23?,24+,27+,28+,29+,30+/m1/s1. The first-order chi connectivity index (χ1) is 18.6. The number of hydrogen-bond acceptors (Lipinski definition) is 7. The summed E-state index contributed by atoms with van der Waals surface area (Å²) < 4.78 is 62.8.